The number of nitrogens with one attached hydrogen (secondary N) is 1. The third-order valence-electron chi connectivity index (χ3n) is 3.96. The Bertz CT molecular complexity index is 1140. The number of hydrogen-bond acceptors (Lipinski definition) is 6. The van der Waals surface area contributed by atoms with Gasteiger partial charge in [-0.15, -0.1) is 17.9 Å². The first-order valence-corrected chi connectivity index (χ1v) is 10.7. The average Bonchev–Trinajstić information content (AvgIpc) is 2.92. The fraction of sp³-hybridized carbons (Fsp3) is 0.222. The number of amides is 1. The summed E-state index contributed by atoms with van der Waals surface area (Å²) in [6.45, 7) is 7.89. The van der Waals surface area contributed by atoms with Crippen molar-refractivity contribution in [1.29, 1.82) is 0 Å². The molecule has 28 heavy (non-hydrogen) atoms. The van der Waals surface area contributed by atoms with Gasteiger partial charge in [-0.3, -0.25) is 14.2 Å². The highest BCUT2D eigenvalue weighted by Crippen LogP contribution is 2.28. The van der Waals surface area contributed by atoms with Crippen LogP contribution in [0.15, 0.2) is 34.9 Å². The number of halogens is 2. The maximum atomic E-state index is 12.9. The highest BCUT2D eigenvalue weighted by molar-refractivity contribution is 7.99. The number of carbonyl (C=O) groups excluding carboxylic acids is 1. The molecule has 3 heterocycles. The van der Waals surface area contributed by atoms with Gasteiger partial charge >= 0.3 is 0 Å². The Morgan fingerprint density at radius 3 is 2.86 bits per heavy atom. The van der Waals surface area contributed by atoms with E-state index in [4.69, 9.17) is 23.2 Å². The number of anilines is 1. The molecular formula is C18H16Cl2N4O2S2. The largest absolute Gasteiger partial charge is 0.309 e. The molecule has 0 aliphatic carbocycles. The summed E-state index contributed by atoms with van der Waals surface area (Å²) in [5.41, 5.74) is 0.810. The van der Waals surface area contributed by atoms with Crippen LogP contribution in [0.4, 0.5) is 5.82 Å². The Morgan fingerprint density at radius 2 is 2.18 bits per heavy atom. The van der Waals surface area contributed by atoms with Gasteiger partial charge in [0.25, 0.3) is 5.56 Å². The quantitative estimate of drug-likeness (QED) is 0.332. The second kappa shape index (κ2) is 8.65. The predicted molar refractivity (Wildman–Crippen MR) is 117 cm³/mol. The van der Waals surface area contributed by atoms with Crippen LogP contribution in [-0.4, -0.2) is 26.2 Å². The lowest BCUT2D eigenvalue weighted by molar-refractivity contribution is -0.113. The molecule has 10 heteroatoms. The van der Waals surface area contributed by atoms with Crippen molar-refractivity contribution in [1.82, 2.24) is 14.5 Å². The minimum atomic E-state index is -0.320. The molecule has 0 fully saturated rings. The van der Waals surface area contributed by atoms with Crippen molar-refractivity contribution in [2.24, 2.45) is 0 Å². The number of nitrogens with zero attached hydrogens (tertiary/aromatic N) is 3. The number of pyridine rings is 1. The van der Waals surface area contributed by atoms with E-state index in [1.54, 1.807) is 6.08 Å². The topological polar surface area (TPSA) is 76.9 Å². The van der Waals surface area contributed by atoms with Crippen LogP contribution in [0.3, 0.4) is 0 Å². The van der Waals surface area contributed by atoms with E-state index in [2.05, 4.69) is 21.9 Å². The van der Waals surface area contributed by atoms with Crippen LogP contribution in [0, 0.1) is 13.8 Å². The molecule has 0 bridgehead atoms. The molecule has 3 aromatic heterocycles. The SMILES string of the molecule is C=CCn1c(SCC(=O)Nc2ncc(Cl)cc2Cl)nc2sc(C)c(C)c2c1=O. The Hall–Kier alpha value is -1.87. The maximum absolute atomic E-state index is 12.9. The van der Waals surface area contributed by atoms with Crippen LogP contribution >= 0.6 is 46.3 Å². The van der Waals surface area contributed by atoms with Crippen LogP contribution in [0.2, 0.25) is 10.0 Å². The maximum Gasteiger partial charge on any atom is 0.263 e. The van der Waals surface area contributed by atoms with Crippen molar-refractivity contribution in [3.63, 3.8) is 0 Å². The molecular weight excluding hydrogens is 439 g/mol. The first-order chi connectivity index (χ1) is 13.3. The first-order valence-electron chi connectivity index (χ1n) is 8.17. The molecule has 0 aliphatic rings. The monoisotopic (exact) mass is 454 g/mol. The van der Waals surface area contributed by atoms with Gasteiger partial charge in [0.05, 0.1) is 21.2 Å². The van der Waals surface area contributed by atoms with Crippen molar-refractivity contribution in [2.45, 2.75) is 25.5 Å². The molecule has 1 amide bonds. The van der Waals surface area contributed by atoms with E-state index >= 15 is 0 Å². The minimum Gasteiger partial charge on any atom is -0.309 e. The lowest BCUT2D eigenvalue weighted by Gasteiger charge is -2.10. The molecule has 0 saturated carbocycles. The van der Waals surface area contributed by atoms with Crippen molar-refractivity contribution >= 4 is 68.2 Å². The molecule has 0 radical (unpaired) electrons. The van der Waals surface area contributed by atoms with Crippen LogP contribution in [-0.2, 0) is 11.3 Å². The summed E-state index contributed by atoms with van der Waals surface area (Å²) >= 11 is 14.5. The van der Waals surface area contributed by atoms with Crippen LogP contribution in [0.5, 0.6) is 0 Å². The molecule has 0 aliphatic heterocycles. The van der Waals surface area contributed by atoms with E-state index in [1.807, 2.05) is 13.8 Å². The van der Waals surface area contributed by atoms with Gasteiger partial charge in [0, 0.05) is 17.6 Å². The molecule has 0 saturated heterocycles. The number of fused-ring (bicyclic) bond motifs is 1. The predicted octanol–water partition coefficient (Wildman–Crippen LogP) is 4.69. The summed E-state index contributed by atoms with van der Waals surface area (Å²) in [4.78, 5) is 35.5. The highest BCUT2D eigenvalue weighted by atomic mass is 35.5. The molecule has 0 atom stereocenters. The van der Waals surface area contributed by atoms with Gasteiger partial charge < -0.3 is 5.32 Å². The number of allylic oxidation sites excluding steroid dienone is 1. The average molecular weight is 455 g/mol. The molecule has 3 rings (SSSR count). The first kappa shape index (κ1) is 20.9. The molecule has 0 spiro atoms. The van der Waals surface area contributed by atoms with Crippen molar-refractivity contribution in [3.05, 3.63) is 55.8 Å². The van der Waals surface area contributed by atoms with Crippen molar-refractivity contribution < 1.29 is 4.79 Å². The fourth-order valence-electron chi connectivity index (χ4n) is 2.51. The number of carbonyl (C=O) groups is 1. The Balaban J connectivity index is 1.85. The van der Waals surface area contributed by atoms with Gasteiger partial charge in [0.2, 0.25) is 5.91 Å². The lowest BCUT2D eigenvalue weighted by atomic mass is 10.2. The van der Waals surface area contributed by atoms with E-state index in [1.165, 1.54) is 39.9 Å². The van der Waals surface area contributed by atoms with Gasteiger partial charge in [0.15, 0.2) is 11.0 Å². The molecule has 6 nitrogen and oxygen atoms in total. The van der Waals surface area contributed by atoms with E-state index < -0.39 is 0 Å². The third-order valence-corrected chi connectivity index (χ3v) is 6.54. The summed E-state index contributed by atoms with van der Waals surface area (Å²) in [5, 5.41) is 4.34. The van der Waals surface area contributed by atoms with Crippen molar-refractivity contribution in [2.75, 3.05) is 11.1 Å². The molecule has 0 aromatic carbocycles. The standard InChI is InChI=1S/C18H16Cl2N4O2S2/c1-4-5-24-17(26)14-9(2)10(3)28-16(14)23-18(24)27-8-13(25)22-15-12(20)6-11(19)7-21-15/h4,6-7H,1,5,8H2,2-3H3,(H,21,22,25). The number of thioether (sulfide) groups is 1. The van der Waals surface area contributed by atoms with Gasteiger partial charge in [-0.05, 0) is 25.5 Å². The summed E-state index contributed by atoms with van der Waals surface area (Å²) in [6.07, 6.45) is 3.03. The molecule has 1 N–H and O–H groups in total. The number of thiophene rings is 1. The number of aromatic nitrogens is 3. The zero-order chi connectivity index (χ0) is 20.4. The second-order valence-electron chi connectivity index (χ2n) is 5.88. The van der Waals surface area contributed by atoms with Gasteiger partial charge in [-0.25, -0.2) is 9.97 Å². The summed E-state index contributed by atoms with van der Waals surface area (Å²) < 4.78 is 1.53. The molecule has 3 aromatic rings. The van der Waals surface area contributed by atoms with E-state index in [0.29, 0.717) is 26.9 Å². The third kappa shape index (κ3) is 4.25. The molecule has 146 valence electrons. The van der Waals surface area contributed by atoms with Crippen LogP contribution < -0.4 is 10.9 Å². The van der Waals surface area contributed by atoms with E-state index in [9.17, 15) is 9.59 Å². The fourth-order valence-corrected chi connectivity index (χ4v) is 4.82. The van der Waals surface area contributed by atoms with Crippen LogP contribution in [0.25, 0.3) is 10.2 Å². The summed E-state index contributed by atoms with van der Waals surface area (Å²) in [6, 6.07) is 1.50. The number of hydrogen-bond donors (Lipinski definition) is 1. The van der Waals surface area contributed by atoms with Gasteiger partial charge in [0.1, 0.15) is 4.83 Å². The summed E-state index contributed by atoms with van der Waals surface area (Å²) in [7, 11) is 0. The van der Waals surface area contributed by atoms with E-state index in [0.717, 1.165) is 10.4 Å². The minimum absolute atomic E-state index is 0.0407. The van der Waals surface area contributed by atoms with Crippen LogP contribution in [0.1, 0.15) is 10.4 Å². The smallest absolute Gasteiger partial charge is 0.263 e. The van der Waals surface area contributed by atoms with Gasteiger partial charge in [-0.2, -0.15) is 0 Å². The lowest BCUT2D eigenvalue weighted by Crippen LogP contribution is -2.23. The summed E-state index contributed by atoms with van der Waals surface area (Å²) in [5.74, 6) is -0.0492. The number of rotatable bonds is 6. The van der Waals surface area contributed by atoms with Gasteiger partial charge in [-0.1, -0.05) is 41.0 Å². The van der Waals surface area contributed by atoms with Crippen molar-refractivity contribution in [3.8, 4) is 0 Å². The Kier molecular flexibility index (Phi) is 6.44. The normalized spacial score (nSPS) is 11.0. The highest BCUT2D eigenvalue weighted by Gasteiger charge is 2.17. The number of aryl methyl sites for hydroxylation is 2. The van der Waals surface area contributed by atoms with E-state index in [-0.39, 0.29) is 28.1 Å². The Labute approximate surface area is 179 Å². The Morgan fingerprint density at radius 1 is 1.43 bits per heavy atom. The second-order valence-corrected chi connectivity index (χ2v) is 8.87. The molecule has 0 unspecified atom stereocenters. The zero-order valence-corrected chi connectivity index (χ0v) is 18.2. The zero-order valence-electron chi connectivity index (χ0n) is 15.1.